The van der Waals surface area contributed by atoms with E-state index in [4.69, 9.17) is 22.2 Å². The van der Waals surface area contributed by atoms with Crippen molar-refractivity contribution < 1.29 is 9.13 Å². The fourth-order valence-corrected chi connectivity index (χ4v) is 3.70. The van der Waals surface area contributed by atoms with E-state index in [-0.39, 0.29) is 17.5 Å². The van der Waals surface area contributed by atoms with Gasteiger partial charge in [0.2, 0.25) is 0 Å². The first-order chi connectivity index (χ1) is 10.0. The van der Waals surface area contributed by atoms with Crippen molar-refractivity contribution in [3.8, 4) is 0 Å². The molecule has 3 N–H and O–H groups in total. The smallest absolute Gasteiger partial charge is 0.126 e. The van der Waals surface area contributed by atoms with Crippen LogP contribution in [0.5, 0.6) is 0 Å². The Labute approximate surface area is 131 Å². The van der Waals surface area contributed by atoms with E-state index in [1.807, 2.05) is 0 Å². The van der Waals surface area contributed by atoms with Gasteiger partial charge in [0.05, 0.1) is 11.6 Å². The summed E-state index contributed by atoms with van der Waals surface area (Å²) in [6.45, 7) is 2.22. The third-order valence-corrected chi connectivity index (χ3v) is 4.90. The second-order valence-corrected chi connectivity index (χ2v) is 6.57. The molecule has 1 aromatic carbocycles. The maximum absolute atomic E-state index is 14.0. The van der Waals surface area contributed by atoms with Gasteiger partial charge in [0, 0.05) is 12.1 Å². The van der Waals surface area contributed by atoms with Crippen molar-refractivity contribution in [1.29, 1.82) is 0 Å². The van der Waals surface area contributed by atoms with Gasteiger partial charge in [0.1, 0.15) is 5.82 Å². The SMILES string of the molecule is COC1(C(Cc2cc(Cl)ccc2F)NN)CCCC(C)C1. The van der Waals surface area contributed by atoms with E-state index in [2.05, 4.69) is 12.3 Å². The zero-order chi connectivity index (χ0) is 15.5. The minimum Gasteiger partial charge on any atom is -0.377 e. The number of hydrogen-bond donors (Lipinski definition) is 2. The van der Waals surface area contributed by atoms with Gasteiger partial charge in [-0.05, 0) is 48.9 Å². The molecule has 3 atom stereocenters. The van der Waals surface area contributed by atoms with Crippen molar-refractivity contribution in [3.05, 3.63) is 34.6 Å². The molecule has 118 valence electrons. The van der Waals surface area contributed by atoms with Crippen LogP contribution in [0.2, 0.25) is 5.02 Å². The third kappa shape index (κ3) is 3.75. The normalized spacial score (nSPS) is 27.6. The van der Waals surface area contributed by atoms with Crippen LogP contribution in [0.15, 0.2) is 18.2 Å². The number of hydrogen-bond acceptors (Lipinski definition) is 3. The second kappa shape index (κ2) is 7.05. The molecule has 5 heteroatoms. The van der Waals surface area contributed by atoms with Crippen LogP contribution in [-0.4, -0.2) is 18.8 Å². The van der Waals surface area contributed by atoms with Crippen LogP contribution in [0, 0.1) is 11.7 Å². The summed E-state index contributed by atoms with van der Waals surface area (Å²) in [5, 5.41) is 0.533. The summed E-state index contributed by atoms with van der Waals surface area (Å²) in [6.07, 6.45) is 4.63. The predicted octanol–water partition coefficient (Wildman–Crippen LogP) is 3.45. The molecule has 1 aliphatic carbocycles. The maximum atomic E-state index is 14.0. The third-order valence-electron chi connectivity index (χ3n) is 4.67. The molecule has 1 aliphatic rings. The van der Waals surface area contributed by atoms with Crippen molar-refractivity contribution in [3.63, 3.8) is 0 Å². The van der Waals surface area contributed by atoms with E-state index in [0.29, 0.717) is 22.9 Å². The Balaban J connectivity index is 2.23. The lowest BCUT2D eigenvalue weighted by atomic mass is 9.73. The summed E-state index contributed by atoms with van der Waals surface area (Å²) in [5.41, 5.74) is 3.07. The second-order valence-electron chi connectivity index (χ2n) is 6.13. The molecule has 0 spiro atoms. The molecule has 21 heavy (non-hydrogen) atoms. The lowest BCUT2D eigenvalue weighted by Crippen LogP contribution is -2.57. The highest BCUT2D eigenvalue weighted by Gasteiger charge is 2.42. The van der Waals surface area contributed by atoms with Crippen LogP contribution < -0.4 is 11.3 Å². The largest absolute Gasteiger partial charge is 0.377 e. The van der Waals surface area contributed by atoms with Crippen LogP contribution in [0.25, 0.3) is 0 Å². The van der Waals surface area contributed by atoms with Crippen LogP contribution in [0.1, 0.15) is 38.2 Å². The molecule has 0 aromatic heterocycles. The Morgan fingerprint density at radius 1 is 1.57 bits per heavy atom. The zero-order valence-corrected chi connectivity index (χ0v) is 13.4. The van der Waals surface area contributed by atoms with Gasteiger partial charge in [0.15, 0.2) is 0 Å². The van der Waals surface area contributed by atoms with Crippen molar-refractivity contribution in [2.45, 2.75) is 50.7 Å². The average molecular weight is 315 g/mol. The minimum atomic E-state index is -0.346. The number of halogens is 2. The van der Waals surface area contributed by atoms with E-state index in [9.17, 15) is 4.39 Å². The van der Waals surface area contributed by atoms with E-state index in [1.54, 1.807) is 19.2 Å². The number of rotatable bonds is 5. The molecular weight excluding hydrogens is 291 g/mol. The molecule has 0 amide bonds. The molecule has 1 fully saturated rings. The Hall–Kier alpha value is -0.680. The van der Waals surface area contributed by atoms with Crippen molar-refractivity contribution >= 4 is 11.6 Å². The summed E-state index contributed by atoms with van der Waals surface area (Å²) in [5.74, 6) is 6.09. The highest BCUT2D eigenvalue weighted by Crippen LogP contribution is 2.38. The zero-order valence-electron chi connectivity index (χ0n) is 12.7. The highest BCUT2D eigenvalue weighted by molar-refractivity contribution is 6.30. The first-order valence-corrected chi connectivity index (χ1v) is 7.84. The van der Waals surface area contributed by atoms with Gasteiger partial charge < -0.3 is 4.74 Å². The number of nitrogens with two attached hydrogens (primary N) is 1. The first kappa shape index (κ1) is 16.7. The Morgan fingerprint density at radius 2 is 2.33 bits per heavy atom. The lowest BCUT2D eigenvalue weighted by Gasteiger charge is -2.44. The molecule has 1 saturated carbocycles. The monoisotopic (exact) mass is 314 g/mol. The first-order valence-electron chi connectivity index (χ1n) is 7.46. The summed E-state index contributed by atoms with van der Waals surface area (Å²) in [4.78, 5) is 0. The van der Waals surface area contributed by atoms with Crippen LogP contribution >= 0.6 is 11.6 Å². The number of nitrogens with one attached hydrogen (secondary N) is 1. The molecule has 0 radical (unpaired) electrons. The lowest BCUT2D eigenvalue weighted by molar-refractivity contribution is -0.0792. The average Bonchev–Trinajstić information content (AvgIpc) is 2.48. The Bertz CT molecular complexity index is 485. The number of benzene rings is 1. The van der Waals surface area contributed by atoms with Crippen molar-refractivity contribution in [1.82, 2.24) is 5.43 Å². The van der Waals surface area contributed by atoms with Gasteiger partial charge in [-0.25, -0.2) is 4.39 Å². The van der Waals surface area contributed by atoms with Gasteiger partial charge in [-0.1, -0.05) is 31.4 Å². The number of hydrazine groups is 1. The number of methoxy groups -OCH3 is 1. The van der Waals surface area contributed by atoms with Crippen LogP contribution in [-0.2, 0) is 11.2 Å². The van der Waals surface area contributed by atoms with Crippen molar-refractivity contribution in [2.75, 3.05) is 7.11 Å². The maximum Gasteiger partial charge on any atom is 0.126 e. The molecule has 2 rings (SSSR count). The summed E-state index contributed by atoms with van der Waals surface area (Å²) < 4.78 is 19.8. The molecule has 1 aromatic rings. The summed E-state index contributed by atoms with van der Waals surface area (Å²) in [6, 6.07) is 4.48. The van der Waals surface area contributed by atoms with Crippen molar-refractivity contribution in [2.24, 2.45) is 11.8 Å². The van der Waals surface area contributed by atoms with Gasteiger partial charge in [0.25, 0.3) is 0 Å². The molecule has 0 aliphatic heterocycles. The Kier molecular flexibility index (Phi) is 5.60. The van der Waals surface area contributed by atoms with Crippen LogP contribution in [0.3, 0.4) is 0 Å². The van der Waals surface area contributed by atoms with E-state index in [0.717, 1.165) is 19.3 Å². The molecule has 3 unspecified atom stereocenters. The standard InChI is InChI=1S/C16H24ClFN2O/c1-11-4-3-7-16(10-11,21-2)15(20-19)9-12-8-13(17)5-6-14(12)18/h5-6,8,11,15,20H,3-4,7,9-10,19H2,1-2H3. The van der Waals surface area contributed by atoms with Gasteiger partial charge in [-0.3, -0.25) is 11.3 Å². The van der Waals surface area contributed by atoms with Gasteiger partial charge in [-0.2, -0.15) is 0 Å². The fraction of sp³-hybridized carbons (Fsp3) is 0.625. The molecular formula is C16H24ClFN2O. The minimum absolute atomic E-state index is 0.141. The topological polar surface area (TPSA) is 47.3 Å². The fourth-order valence-electron chi connectivity index (χ4n) is 3.50. The molecule has 3 nitrogen and oxygen atoms in total. The predicted molar refractivity (Wildman–Crippen MR) is 83.6 cm³/mol. The summed E-state index contributed by atoms with van der Waals surface area (Å²) in [7, 11) is 1.72. The Morgan fingerprint density at radius 3 is 2.95 bits per heavy atom. The van der Waals surface area contributed by atoms with Crippen LogP contribution in [0.4, 0.5) is 4.39 Å². The van der Waals surface area contributed by atoms with Gasteiger partial charge >= 0.3 is 0 Å². The molecule has 0 heterocycles. The summed E-state index contributed by atoms with van der Waals surface area (Å²) >= 11 is 5.97. The van der Waals surface area contributed by atoms with Gasteiger partial charge in [-0.15, -0.1) is 0 Å². The molecule has 0 bridgehead atoms. The highest BCUT2D eigenvalue weighted by atomic mass is 35.5. The van der Waals surface area contributed by atoms with E-state index in [1.165, 1.54) is 12.5 Å². The van der Waals surface area contributed by atoms with E-state index < -0.39 is 0 Å². The number of ether oxygens (including phenoxy) is 1. The van der Waals surface area contributed by atoms with E-state index >= 15 is 0 Å². The molecule has 0 saturated heterocycles. The quantitative estimate of drug-likeness (QED) is 0.646.